The molecule has 0 amide bonds. The molecule has 0 spiro atoms. The zero-order chi connectivity index (χ0) is 11.2. The molecule has 1 unspecified atom stereocenters. The number of alkyl halides is 1. The standard InChI is InChI=1S/C14H20BrN/c15-10-9-14-8-4-5-11-16(14)12-13-6-2-1-3-7-13/h1-3,6-7,14H,4-5,8-12H2. The fourth-order valence-corrected chi connectivity index (χ4v) is 3.07. The first-order valence-corrected chi connectivity index (χ1v) is 7.36. The van der Waals surface area contributed by atoms with Crippen LogP contribution in [0, 0.1) is 0 Å². The van der Waals surface area contributed by atoms with Gasteiger partial charge in [-0.25, -0.2) is 0 Å². The highest BCUT2D eigenvalue weighted by Crippen LogP contribution is 2.22. The predicted molar refractivity (Wildman–Crippen MR) is 72.9 cm³/mol. The maximum atomic E-state index is 3.57. The number of likely N-dealkylation sites (tertiary alicyclic amines) is 1. The smallest absolute Gasteiger partial charge is 0.0236 e. The highest BCUT2D eigenvalue weighted by Gasteiger charge is 2.21. The second kappa shape index (κ2) is 6.41. The van der Waals surface area contributed by atoms with Gasteiger partial charge in [0.2, 0.25) is 0 Å². The molecule has 1 aromatic carbocycles. The van der Waals surface area contributed by atoms with E-state index >= 15 is 0 Å². The van der Waals surface area contributed by atoms with Crippen LogP contribution in [0.15, 0.2) is 30.3 Å². The molecule has 1 aliphatic heterocycles. The lowest BCUT2D eigenvalue weighted by Gasteiger charge is -2.35. The summed E-state index contributed by atoms with van der Waals surface area (Å²) in [4.78, 5) is 2.65. The average molecular weight is 282 g/mol. The molecule has 0 N–H and O–H groups in total. The van der Waals surface area contributed by atoms with Crippen LogP contribution < -0.4 is 0 Å². The monoisotopic (exact) mass is 281 g/mol. The normalized spacial score (nSPS) is 22.2. The summed E-state index contributed by atoms with van der Waals surface area (Å²) in [5, 5.41) is 1.13. The van der Waals surface area contributed by atoms with Crippen LogP contribution in [-0.2, 0) is 6.54 Å². The Hall–Kier alpha value is -0.340. The SMILES string of the molecule is BrCCC1CCCCN1Cc1ccccc1. The van der Waals surface area contributed by atoms with E-state index in [0.29, 0.717) is 0 Å². The third-order valence-electron chi connectivity index (χ3n) is 3.42. The number of halogens is 1. The summed E-state index contributed by atoms with van der Waals surface area (Å²) in [5.41, 5.74) is 1.45. The summed E-state index contributed by atoms with van der Waals surface area (Å²) in [6, 6.07) is 11.6. The van der Waals surface area contributed by atoms with Gasteiger partial charge in [0.15, 0.2) is 0 Å². The van der Waals surface area contributed by atoms with E-state index in [9.17, 15) is 0 Å². The predicted octanol–water partition coefficient (Wildman–Crippen LogP) is 3.83. The third-order valence-corrected chi connectivity index (χ3v) is 3.88. The summed E-state index contributed by atoms with van der Waals surface area (Å²) in [7, 11) is 0. The number of rotatable bonds is 4. The van der Waals surface area contributed by atoms with Gasteiger partial charge < -0.3 is 0 Å². The van der Waals surface area contributed by atoms with Crippen molar-refractivity contribution in [3.8, 4) is 0 Å². The maximum absolute atomic E-state index is 3.57. The first-order chi connectivity index (χ1) is 7.90. The van der Waals surface area contributed by atoms with E-state index in [1.807, 2.05) is 0 Å². The number of benzene rings is 1. The molecule has 1 aliphatic rings. The lowest BCUT2D eigenvalue weighted by atomic mass is 9.99. The van der Waals surface area contributed by atoms with Crippen LogP contribution in [0.25, 0.3) is 0 Å². The fourth-order valence-electron chi connectivity index (χ4n) is 2.54. The Labute approximate surface area is 107 Å². The molecular weight excluding hydrogens is 262 g/mol. The van der Waals surface area contributed by atoms with Crippen LogP contribution in [-0.4, -0.2) is 22.8 Å². The number of nitrogens with zero attached hydrogens (tertiary/aromatic N) is 1. The van der Waals surface area contributed by atoms with Crippen molar-refractivity contribution in [2.75, 3.05) is 11.9 Å². The van der Waals surface area contributed by atoms with Gasteiger partial charge in [-0.3, -0.25) is 4.90 Å². The molecule has 0 saturated carbocycles. The van der Waals surface area contributed by atoms with E-state index in [2.05, 4.69) is 51.2 Å². The summed E-state index contributed by atoms with van der Waals surface area (Å²) in [6.45, 7) is 2.39. The lowest BCUT2D eigenvalue weighted by molar-refractivity contribution is 0.137. The molecule has 1 heterocycles. The Kier molecular flexibility index (Phi) is 4.86. The Morgan fingerprint density at radius 2 is 2.00 bits per heavy atom. The Morgan fingerprint density at radius 3 is 2.75 bits per heavy atom. The van der Waals surface area contributed by atoms with Gasteiger partial charge in [-0.15, -0.1) is 0 Å². The van der Waals surface area contributed by atoms with Gasteiger partial charge in [-0.1, -0.05) is 52.7 Å². The van der Waals surface area contributed by atoms with Crippen LogP contribution in [0.5, 0.6) is 0 Å². The highest BCUT2D eigenvalue weighted by molar-refractivity contribution is 9.09. The van der Waals surface area contributed by atoms with Gasteiger partial charge >= 0.3 is 0 Å². The minimum absolute atomic E-state index is 0.785. The molecule has 0 radical (unpaired) electrons. The van der Waals surface area contributed by atoms with E-state index in [0.717, 1.165) is 17.9 Å². The molecule has 1 atom stereocenters. The molecule has 2 heteroatoms. The molecule has 2 rings (SSSR count). The lowest BCUT2D eigenvalue weighted by Crippen LogP contribution is -2.39. The van der Waals surface area contributed by atoms with Gasteiger partial charge in [0, 0.05) is 17.9 Å². The van der Waals surface area contributed by atoms with Gasteiger partial charge in [0.05, 0.1) is 0 Å². The van der Waals surface area contributed by atoms with Crippen LogP contribution in [0.3, 0.4) is 0 Å². The van der Waals surface area contributed by atoms with Crippen LogP contribution in [0.1, 0.15) is 31.2 Å². The molecule has 88 valence electrons. The number of hydrogen-bond donors (Lipinski definition) is 0. The third kappa shape index (κ3) is 3.33. The molecule has 0 aromatic heterocycles. The van der Waals surface area contributed by atoms with Crippen molar-refractivity contribution in [3.63, 3.8) is 0 Å². The van der Waals surface area contributed by atoms with E-state index in [1.54, 1.807) is 0 Å². The van der Waals surface area contributed by atoms with E-state index in [1.165, 1.54) is 37.8 Å². The minimum atomic E-state index is 0.785. The zero-order valence-electron chi connectivity index (χ0n) is 9.74. The Morgan fingerprint density at radius 1 is 1.19 bits per heavy atom. The largest absolute Gasteiger partial charge is 0.296 e. The van der Waals surface area contributed by atoms with Gasteiger partial charge in [-0.05, 0) is 31.4 Å². The summed E-state index contributed by atoms with van der Waals surface area (Å²) in [6.07, 6.45) is 5.43. The number of hydrogen-bond acceptors (Lipinski definition) is 1. The Balaban J connectivity index is 1.96. The molecule has 0 aliphatic carbocycles. The van der Waals surface area contributed by atoms with E-state index < -0.39 is 0 Å². The Bertz CT molecular complexity index is 297. The first kappa shape index (κ1) is 12.1. The molecule has 0 bridgehead atoms. The van der Waals surface area contributed by atoms with Gasteiger partial charge in [-0.2, -0.15) is 0 Å². The summed E-state index contributed by atoms with van der Waals surface area (Å²) < 4.78 is 0. The second-order valence-corrected chi connectivity index (χ2v) is 5.38. The van der Waals surface area contributed by atoms with Crippen molar-refractivity contribution in [2.45, 2.75) is 38.3 Å². The number of piperidine rings is 1. The van der Waals surface area contributed by atoms with Crippen molar-refractivity contribution < 1.29 is 0 Å². The van der Waals surface area contributed by atoms with Crippen molar-refractivity contribution in [1.29, 1.82) is 0 Å². The van der Waals surface area contributed by atoms with E-state index in [4.69, 9.17) is 0 Å². The van der Waals surface area contributed by atoms with Gasteiger partial charge in [0.1, 0.15) is 0 Å². The van der Waals surface area contributed by atoms with Crippen LogP contribution >= 0.6 is 15.9 Å². The van der Waals surface area contributed by atoms with Crippen molar-refractivity contribution in [3.05, 3.63) is 35.9 Å². The van der Waals surface area contributed by atoms with Crippen molar-refractivity contribution in [1.82, 2.24) is 4.90 Å². The highest BCUT2D eigenvalue weighted by atomic mass is 79.9. The molecule has 1 fully saturated rings. The fraction of sp³-hybridized carbons (Fsp3) is 0.571. The van der Waals surface area contributed by atoms with Crippen LogP contribution in [0.4, 0.5) is 0 Å². The summed E-state index contributed by atoms with van der Waals surface area (Å²) >= 11 is 3.57. The van der Waals surface area contributed by atoms with Gasteiger partial charge in [0.25, 0.3) is 0 Å². The second-order valence-electron chi connectivity index (χ2n) is 4.58. The topological polar surface area (TPSA) is 3.24 Å². The van der Waals surface area contributed by atoms with Crippen LogP contribution in [0.2, 0.25) is 0 Å². The van der Waals surface area contributed by atoms with E-state index in [-0.39, 0.29) is 0 Å². The van der Waals surface area contributed by atoms with Crippen molar-refractivity contribution in [2.24, 2.45) is 0 Å². The molecule has 16 heavy (non-hydrogen) atoms. The quantitative estimate of drug-likeness (QED) is 0.759. The first-order valence-electron chi connectivity index (χ1n) is 6.24. The molecule has 1 nitrogen and oxygen atoms in total. The molecule has 1 saturated heterocycles. The summed E-state index contributed by atoms with van der Waals surface area (Å²) in [5.74, 6) is 0. The average Bonchev–Trinajstić information content (AvgIpc) is 2.33. The zero-order valence-corrected chi connectivity index (χ0v) is 11.3. The maximum Gasteiger partial charge on any atom is 0.0236 e. The molecule has 1 aromatic rings. The minimum Gasteiger partial charge on any atom is -0.296 e. The van der Waals surface area contributed by atoms with Crippen molar-refractivity contribution >= 4 is 15.9 Å². The molecular formula is C14H20BrN.